The maximum absolute atomic E-state index is 11.5. The number of rotatable bonds is 4. The van der Waals surface area contributed by atoms with E-state index in [9.17, 15) is 8.42 Å². The van der Waals surface area contributed by atoms with E-state index >= 15 is 0 Å². The fraction of sp³-hybridized carbons (Fsp3) is 0.818. The molecule has 1 aromatic heterocycles. The summed E-state index contributed by atoms with van der Waals surface area (Å²) in [6, 6.07) is 0. The van der Waals surface area contributed by atoms with E-state index in [-0.39, 0.29) is 5.16 Å². The standard InChI is InChI=1S/C11H20ClN3O2S/c1-6-8(2)7-9-13-14-10(18(12,16)17)15(9)11(3,4)5/h8H,6-7H2,1-5H3. The van der Waals surface area contributed by atoms with Crippen LogP contribution in [0.15, 0.2) is 5.16 Å². The number of nitrogens with zero attached hydrogens (tertiary/aromatic N) is 3. The van der Waals surface area contributed by atoms with Gasteiger partial charge in [0.1, 0.15) is 5.82 Å². The van der Waals surface area contributed by atoms with Crippen LogP contribution in [0.1, 0.15) is 46.9 Å². The minimum absolute atomic E-state index is 0.171. The fourth-order valence-electron chi connectivity index (χ4n) is 1.72. The van der Waals surface area contributed by atoms with Crippen molar-refractivity contribution in [2.24, 2.45) is 5.92 Å². The second-order valence-corrected chi connectivity index (χ2v) is 8.02. The summed E-state index contributed by atoms with van der Waals surface area (Å²) in [7, 11) is 1.53. The van der Waals surface area contributed by atoms with Gasteiger partial charge >= 0.3 is 0 Å². The zero-order valence-electron chi connectivity index (χ0n) is 11.4. The molecule has 0 N–H and O–H groups in total. The van der Waals surface area contributed by atoms with Gasteiger partial charge in [-0.1, -0.05) is 20.3 Å². The molecular weight excluding hydrogens is 274 g/mol. The summed E-state index contributed by atoms with van der Waals surface area (Å²) in [5.41, 5.74) is -0.427. The molecule has 0 saturated heterocycles. The zero-order valence-corrected chi connectivity index (χ0v) is 13.0. The molecule has 1 atom stereocenters. The Labute approximate surface area is 113 Å². The van der Waals surface area contributed by atoms with E-state index in [1.165, 1.54) is 0 Å². The van der Waals surface area contributed by atoms with E-state index in [4.69, 9.17) is 10.7 Å². The Balaban J connectivity index is 3.34. The first-order valence-corrected chi connectivity index (χ1v) is 8.27. The van der Waals surface area contributed by atoms with Crippen LogP contribution in [0.4, 0.5) is 0 Å². The molecule has 1 heterocycles. The molecule has 1 aromatic rings. The lowest BCUT2D eigenvalue weighted by molar-refractivity contribution is 0.343. The Morgan fingerprint density at radius 2 is 1.89 bits per heavy atom. The van der Waals surface area contributed by atoms with E-state index in [1.54, 1.807) is 4.57 Å². The summed E-state index contributed by atoms with van der Waals surface area (Å²) in [5, 5.41) is 7.55. The van der Waals surface area contributed by atoms with Crippen molar-refractivity contribution in [2.45, 2.75) is 58.2 Å². The van der Waals surface area contributed by atoms with E-state index < -0.39 is 14.6 Å². The van der Waals surface area contributed by atoms with Crippen LogP contribution in [-0.2, 0) is 21.0 Å². The van der Waals surface area contributed by atoms with Gasteiger partial charge in [-0.3, -0.25) is 4.57 Å². The molecule has 1 rings (SSSR count). The van der Waals surface area contributed by atoms with E-state index in [0.717, 1.165) is 6.42 Å². The van der Waals surface area contributed by atoms with Crippen LogP contribution in [0, 0.1) is 5.92 Å². The number of hydrogen-bond acceptors (Lipinski definition) is 4. The summed E-state index contributed by atoms with van der Waals surface area (Å²) in [6.45, 7) is 9.89. The highest BCUT2D eigenvalue weighted by Crippen LogP contribution is 2.25. The Bertz CT molecular complexity index is 517. The van der Waals surface area contributed by atoms with Crippen molar-refractivity contribution < 1.29 is 8.42 Å². The van der Waals surface area contributed by atoms with Gasteiger partial charge in [-0.25, -0.2) is 8.42 Å². The topological polar surface area (TPSA) is 64.8 Å². The van der Waals surface area contributed by atoms with Crippen molar-refractivity contribution >= 4 is 19.7 Å². The minimum atomic E-state index is -3.88. The lowest BCUT2D eigenvalue weighted by Gasteiger charge is -2.24. The molecule has 104 valence electrons. The first-order valence-electron chi connectivity index (χ1n) is 5.96. The van der Waals surface area contributed by atoms with E-state index in [2.05, 4.69) is 24.0 Å². The van der Waals surface area contributed by atoms with Crippen molar-refractivity contribution in [3.8, 4) is 0 Å². The molecule has 0 amide bonds. The third-order valence-corrected chi connectivity index (χ3v) is 3.93. The van der Waals surface area contributed by atoms with E-state index in [1.807, 2.05) is 20.8 Å². The summed E-state index contributed by atoms with van der Waals surface area (Å²) in [4.78, 5) is 0. The number of halogens is 1. The lowest BCUT2D eigenvalue weighted by Crippen LogP contribution is -2.27. The Morgan fingerprint density at radius 1 is 1.33 bits per heavy atom. The second-order valence-electron chi connectivity index (χ2n) is 5.56. The SMILES string of the molecule is CCC(C)Cc1nnc(S(=O)(=O)Cl)n1C(C)(C)C. The van der Waals surface area contributed by atoms with Crippen molar-refractivity contribution in [3.63, 3.8) is 0 Å². The predicted octanol–water partition coefficient (Wildman–Crippen LogP) is 2.55. The molecule has 0 radical (unpaired) electrons. The molecule has 0 aromatic carbocycles. The largest absolute Gasteiger partial charge is 0.296 e. The Kier molecular flexibility index (Phi) is 4.43. The van der Waals surface area contributed by atoms with Crippen LogP contribution >= 0.6 is 10.7 Å². The lowest BCUT2D eigenvalue weighted by atomic mass is 10.0. The molecule has 0 fully saturated rings. The van der Waals surface area contributed by atoms with Gasteiger partial charge < -0.3 is 0 Å². The highest BCUT2D eigenvalue weighted by Gasteiger charge is 2.29. The third-order valence-electron chi connectivity index (χ3n) is 2.82. The van der Waals surface area contributed by atoms with Crippen LogP contribution in [0.5, 0.6) is 0 Å². The molecule has 0 bridgehead atoms. The van der Waals surface area contributed by atoms with Gasteiger partial charge in [-0.15, -0.1) is 10.2 Å². The molecule has 1 unspecified atom stereocenters. The second kappa shape index (κ2) is 5.17. The number of aromatic nitrogens is 3. The molecule has 7 heteroatoms. The van der Waals surface area contributed by atoms with Crippen molar-refractivity contribution in [1.29, 1.82) is 0 Å². The monoisotopic (exact) mass is 293 g/mol. The van der Waals surface area contributed by atoms with Gasteiger partial charge in [-0.2, -0.15) is 0 Å². The smallest absolute Gasteiger partial charge is 0.295 e. The first kappa shape index (κ1) is 15.4. The van der Waals surface area contributed by atoms with Crippen LogP contribution in [-0.4, -0.2) is 23.2 Å². The van der Waals surface area contributed by atoms with Gasteiger partial charge in [-0.05, 0) is 26.7 Å². The summed E-state index contributed by atoms with van der Waals surface area (Å²) in [5.74, 6) is 1.08. The quantitative estimate of drug-likeness (QED) is 0.800. The average Bonchev–Trinajstić information content (AvgIpc) is 2.60. The van der Waals surface area contributed by atoms with Crippen LogP contribution < -0.4 is 0 Å². The van der Waals surface area contributed by atoms with Crippen LogP contribution in [0.25, 0.3) is 0 Å². The molecule has 5 nitrogen and oxygen atoms in total. The fourth-order valence-corrected chi connectivity index (χ4v) is 2.76. The maximum Gasteiger partial charge on any atom is 0.296 e. The maximum atomic E-state index is 11.5. The molecular formula is C11H20ClN3O2S. The molecule has 0 saturated carbocycles. The van der Waals surface area contributed by atoms with Crippen molar-refractivity contribution in [3.05, 3.63) is 5.82 Å². The summed E-state index contributed by atoms with van der Waals surface area (Å²) in [6.07, 6.45) is 1.69. The minimum Gasteiger partial charge on any atom is -0.295 e. The predicted molar refractivity (Wildman–Crippen MR) is 71.2 cm³/mol. The molecule has 18 heavy (non-hydrogen) atoms. The Morgan fingerprint density at radius 3 is 2.28 bits per heavy atom. The zero-order chi connectivity index (χ0) is 14.1. The van der Waals surface area contributed by atoms with Gasteiger partial charge in [0, 0.05) is 22.6 Å². The van der Waals surface area contributed by atoms with E-state index in [0.29, 0.717) is 18.2 Å². The molecule has 0 aliphatic carbocycles. The van der Waals surface area contributed by atoms with Gasteiger partial charge in [0.05, 0.1) is 0 Å². The normalized spacial score (nSPS) is 14.8. The van der Waals surface area contributed by atoms with Crippen molar-refractivity contribution in [1.82, 2.24) is 14.8 Å². The molecule has 0 spiro atoms. The highest BCUT2D eigenvalue weighted by atomic mass is 35.7. The summed E-state index contributed by atoms with van der Waals surface area (Å²) < 4.78 is 24.6. The van der Waals surface area contributed by atoms with Crippen LogP contribution in [0.2, 0.25) is 0 Å². The van der Waals surface area contributed by atoms with Gasteiger partial charge in [0.2, 0.25) is 0 Å². The number of hydrogen-bond donors (Lipinski definition) is 0. The average molecular weight is 294 g/mol. The summed E-state index contributed by atoms with van der Waals surface area (Å²) >= 11 is 0. The van der Waals surface area contributed by atoms with Gasteiger partial charge in [0.15, 0.2) is 0 Å². The van der Waals surface area contributed by atoms with Gasteiger partial charge in [0.25, 0.3) is 14.2 Å². The Hall–Kier alpha value is -0.620. The molecule has 0 aliphatic rings. The highest BCUT2D eigenvalue weighted by molar-refractivity contribution is 8.13. The first-order chi connectivity index (χ1) is 8.07. The molecule has 0 aliphatic heterocycles. The van der Waals surface area contributed by atoms with Crippen molar-refractivity contribution in [2.75, 3.05) is 0 Å². The third kappa shape index (κ3) is 3.45. The van der Waals surface area contributed by atoms with Crippen LogP contribution in [0.3, 0.4) is 0 Å².